The molecule has 3 rings (SSSR count). The van der Waals surface area contributed by atoms with Crippen molar-refractivity contribution in [2.75, 3.05) is 10.6 Å². The number of nitrogens with one attached hydrogen (secondary N) is 3. The largest absolute Gasteiger partial charge is 0.380 e. The molecule has 26 heavy (non-hydrogen) atoms. The van der Waals surface area contributed by atoms with E-state index < -0.39 is 17.5 Å². The Morgan fingerprint density at radius 2 is 1.88 bits per heavy atom. The Balaban J connectivity index is 1.82. The van der Waals surface area contributed by atoms with Crippen molar-refractivity contribution in [3.05, 3.63) is 77.4 Å². The van der Waals surface area contributed by atoms with E-state index in [1.54, 1.807) is 0 Å². The molecule has 3 N–H and O–H groups in total. The predicted octanol–water partition coefficient (Wildman–Crippen LogP) is 4.25. The van der Waals surface area contributed by atoms with Crippen molar-refractivity contribution < 1.29 is 13.2 Å². The minimum atomic E-state index is -0.543. The van der Waals surface area contributed by atoms with E-state index in [2.05, 4.69) is 20.6 Å². The molecular weight excluding hydrogens is 343 g/mol. The lowest BCUT2D eigenvalue weighted by atomic mass is 10.2. The number of rotatable bonds is 6. The number of hydrogen-bond acceptors (Lipinski definition) is 5. The molecule has 0 saturated carbocycles. The van der Waals surface area contributed by atoms with Gasteiger partial charge in [-0.05, 0) is 30.3 Å². The van der Waals surface area contributed by atoms with Crippen LogP contribution in [-0.2, 0) is 6.54 Å². The molecular formula is C18H14F3N5. The molecule has 0 radical (unpaired) electrons. The molecule has 2 heterocycles. The van der Waals surface area contributed by atoms with E-state index in [4.69, 9.17) is 5.41 Å². The van der Waals surface area contributed by atoms with Crippen molar-refractivity contribution in [2.24, 2.45) is 0 Å². The Bertz CT molecular complexity index is 946. The first-order valence-corrected chi connectivity index (χ1v) is 7.62. The van der Waals surface area contributed by atoms with E-state index >= 15 is 0 Å². The lowest BCUT2D eigenvalue weighted by Crippen LogP contribution is -2.06. The Morgan fingerprint density at radius 1 is 1.04 bits per heavy atom. The lowest BCUT2D eigenvalue weighted by Gasteiger charge is -2.12. The molecule has 0 aliphatic rings. The number of hydrogen-bond donors (Lipinski definition) is 3. The smallest absolute Gasteiger partial charge is 0.167 e. The summed E-state index contributed by atoms with van der Waals surface area (Å²) in [6, 6.07) is 7.44. The third-order valence-corrected chi connectivity index (χ3v) is 3.57. The first kappa shape index (κ1) is 17.4. The summed E-state index contributed by atoms with van der Waals surface area (Å²) in [6.07, 6.45) is 3.91. The summed E-state index contributed by atoms with van der Waals surface area (Å²) >= 11 is 0. The van der Waals surface area contributed by atoms with Gasteiger partial charge >= 0.3 is 0 Å². The summed E-state index contributed by atoms with van der Waals surface area (Å²) < 4.78 is 40.7. The van der Waals surface area contributed by atoms with Crippen LogP contribution in [-0.4, -0.2) is 16.2 Å². The van der Waals surface area contributed by atoms with Gasteiger partial charge in [0, 0.05) is 48.0 Å². The fourth-order valence-corrected chi connectivity index (χ4v) is 2.27. The van der Waals surface area contributed by atoms with Crippen LogP contribution in [0.15, 0.2) is 48.8 Å². The van der Waals surface area contributed by atoms with Crippen LogP contribution >= 0.6 is 0 Å². The molecule has 0 bridgehead atoms. The average Bonchev–Trinajstić information content (AvgIpc) is 2.64. The van der Waals surface area contributed by atoms with Gasteiger partial charge in [-0.2, -0.15) is 0 Å². The molecule has 0 atom stereocenters. The highest BCUT2D eigenvalue weighted by molar-refractivity contribution is 5.86. The van der Waals surface area contributed by atoms with E-state index in [-0.39, 0.29) is 23.7 Å². The maximum atomic E-state index is 13.7. The second-order valence-corrected chi connectivity index (χ2v) is 5.35. The summed E-state index contributed by atoms with van der Waals surface area (Å²) in [5, 5.41) is 13.1. The van der Waals surface area contributed by atoms with Gasteiger partial charge in [-0.25, -0.2) is 23.1 Å². The van der Waals surface area contributed by atoms with Crippen molar-refractivity contribution in [2.45, 2.75) is 6.54 Å². The molecule has 0 fully saturated rings. The van der Waals surface area contributed by atoms with Gasteiger partial charge in [0.2, 0.25) is 0 Å². The highest BCUT2D eigenvalue weighted by Crippen LogP contribution is 2.22. The molecule has 5 nitrogen and oxygen atoms in total. The lowest BCUT2D eigenvalue weighted by molar-refractivity contribution is 0.587. The van der Waals surface area contributed by atoms with Crippen LogP contribution < -0.4 is 10.6 Å². The van der Waals surface area contributed by atoms with Gasteiger partial charge in [0.05, 0.1) is 0 Å². The van der Waals surface area contributed by atoms with Gasteiger partial charge in [-0.1, -0.05) is 0 Å². The average molecular weight is 357 g/mol. The predicted molar refractivity (Wildman–Crippen MR) is 93.3 cm³/mol. The molecule has 0 amide bonds. The number of aromatic nitrogens is 2. The molecule has 0 aliphatic heterocycles. The highest BCUT2D eigenvalue weighted by atomic mass is 19.1. The van der Waals surface area contributed by atoms with E-state index in [0.717, 1.165) is 24.4 Å². The van der Waals surface area contributed by atoms with Crippen LogP contribution in [0, 0.1) is 22.9 Å². The minimum Gasteiger partial charge on any atom is -0.380 e. The van der Waals surface area contributed by atoms with Gasteiger partial charge in [-0.3, -0.25) is 0 Å². The topological polar surface area (TPSA) is 73.7 Å². The van der Waals surface area contributed by atoms with Crippen LogP contribution in [0.25, 0.3) is 0 Å². The van der Waals surface area contributed by atoms with Gasteiger partial charge in [0.25, 0.3) is 0 Å². The first-order valence-electron chi connectivity index (χ1n) is 7.62. The Morgan fingerprint density at radius 3 is 2.65 bits per heavy atom. The maximum Gasteiger partial charge on any atom is 0.167 e. The van der Waals surface area contributed by atoms with Crippen LogP contribution in [0.2, 0.25) is 0 Å². The highest BCUT2D eigenvalue weighted by Gasteiger charge is 2.09. The van der Waals surface area contributed by atoms with Gasteiger partial charge < -0.3 is 16.0 Å². The van der Waals surface area contributed by atoms with Crippen LogP contribution in [0.1, 0.15) is 11.1 Å². The van der Waals surface area contributed by atoms with Crippen molar-refractivity contribution in [1.29, 1.82) is 5.41 Å². The second-order valence-electron chi connectivity index (χ2n) is 5.35. The molecule has 0 saturated heterocycles. The fraction of sp³-hybridized carbons (Fsp3) is 0.0556. The zero-order chi connectivity index (χ0) is 18.5. The van der Waals surface area contributed by atoms with Crippen LogP contribution in [0.3, 0.4) is 0 Å². The number of nitrogens with zero attached hydrogens (tertiary/aromatic N) is 2. The molecule has 2 aromatic heterocycles. The van der Waals surface area contributed by atoms with E-state index in [1.165, 1.54) is 30.6 Å². The number of pyridine rings is 2. The van der Waals surface area contributed by atoms with E-state index in [0.29, 0.717) is 11.3 Å². The summed E-state index contributed by atoms with van der Waals surface area (Å²) in [5.74, 6) is -1.33. The zero-order valence-corrected chi connectivity index (χ0v) is 13.4. The third-order valence-electron chi connectivity index (χ3n) is 3.57. The standard InChI is InChI=1S/C18H14F3N5/c19-13-3-4-14(20)11(6-13)9-24-16-7-17(25-10-12(16)8-22)26-18-15(21)2-1-5-23-18/h1-8,10,22H,9H2,(H2,23,24,25,26). The van der Waals surface area contributed by atoms with Crippen molar-refractivity contribution >= 4 is 23.5 Å². The molecule has 3 aromatic rings. The Hall–Kier alpha value is -3.42. The molecule has 0 aliphatic carbocycles. The Labute approximate surface area is 147 Å². The summed E-state index contributed by atoms with van der Waals surface area (Å²) in [4.78, 5) is 7.97. The van der Waals surface area contributed by atoms with Crippen LogP contribution in [0.5, 0.6) is 0 Å². The maximum absolute atomic E-state index is 13.7. The van der Waals surface area contributed by atoms with Gasteiger partial charge in [0.15, 0.2) is 11.6 Å². The first-order chi connectivity index (χ1) is 12.6. The zero-order valence-electron chi connectivity index (χ0n) is 13.4. The normalized spacial score (nSPS) is 10.4. The number of halogens is 3. The van der Waals surface area contributed by atoms with Gasteiger partial charge in [-0.15, -0.1) is 0 Å². The van der Waals surface area contributed by atoms with E-state index in [1.807, 2.05) is 0 Å². The summed E-state index contributed by atoms with van der Waals surface area (Å²) in [5.41, 5.74) is 1.04. The molecule has 0 spiro atoms. The second kappa shape index (κ2) is 7.64. The Kier molecular flexibility index (Phi) is 5.12. The quantitative estimate of drug-likeness (QED) is 0.577. The van der Waals surface area contributed by atoms with Crippen molar-refractivity contribution in [3.63, 3.8) is 0 Å². The summed E-state index contributed by atoms with van der Waals surface area (Å²) in [7, 11) is 0. The number of anilines is 3. The molecule has 0 unspecified atom stereocenters. The molecule has 132 valence electrons. The molecule has 8 heteroatoms. The van der Waals surface area contributed by atoms with Crippen molar-refractivity contribution in [1.82, 2.24) is 9.97 Å². The minimum absolute atomic E-state index is 0.00438. The number of benzene rings is 1. The summed E-state index contributed by atoms with van der Waals surface area (Å²) in [6.45, 7) is 0.00579. The van der Waals surface area contributed by atoms with Crippen LogP contribution in [0.4, 0.5) is 30.5 Å². The SMILES string of the molecule is N=Cc1cnc(Nc2ncccc2F)cc1NCc1cc(F)ccc1F. The fourth-order valence-electron chi connectivity index (χ4n) is 2.27. The van der Waals surface area contributed by atoms with Gasteiger partial charge in [0.1, 0.15) is 17.5 Å². The third kappa shape index (κ3) is 3.97. The molecule has 1 aromatic carbocycles. The monoisotopic (exact) mass is 357 g/mol. The van der Waals surface area contributed by atoms with Crippen molar-refractivity contribution in [3.8, 4) is 0 Å². The van der Waals surface area contributed by atoms with E-state index in [9.17, 15) is 13.2 Å².